The van der Waals surface area contributed by atoms with Crippen molar-refractivity contribution >= 4 is 28.3 Å². The standard InChI is InChI=1S/C13H18N2O3S/c1-7-8(2)19-13(14-7)15-11(16)9-4-3-5-10(6-9)12(17)18/h9-10H,3-6H2,1-2H3,(H,17,18)(H,14,15,16). The number of aliphatic carboxylic acids is 1. The summed E-state index contributed by atoms with van der Waals surface area (Å²) in [5.74, 6) is -1.48. The number of nitrogens with zero attached hydrogens (tertiary/aromatic N) is 1. The molecular weight excluding hydrogens is 264 g/mol. The number of aromatic nitrogens is 1. The van der Waals surface area contributed by atoms with E-state index in [0.717, 1.165) is 23.4 Å². The minimum absolute atomic E-state index is 0.0975. The molecule has 0 aliphatic heterocycles. The third-order valence-corrected chi connectivity index (χ3v) is 4.64. The summed E-state index contributed by atoms with van der Waals surface area (Å²) in [6.45, 7) is 3.87. The van der Waals surface area contributed by atoms with E-state index in [9.17, 15) is 9.59 Å². The summed E-state index contributed by atoms with van der Waals surface area (Å²) in [5.41, 5.74) is 0.923. The first-order valence-corrected chi connectivity index (χ1v) is 7.26. The van der Waals surface area contributed by atoms with Gasteiger partial charge >= 0.3 is 5.97 Å². The van der Waals surface area contributed by atoms with Gasteiger partial charge in [-0.3, -0.25) is 9.59 Å². The highest BCUT2D eigenvalue weighted by molar-refractivity contribution is 7.15. The van der Waals surface area contributed by atoms with Crippen molar-refractivity contribution in [3.8, 4) is 0 Å². The Labute approximate surface area is 116 Å². The number of carboxylic acid groups (broad SMARTS) is 1. The second kappa shape index (κ2) is 5.69. The summed E-state index contributed by atoms with van der Waals surface area (Å²) in [7, 11) is 0. The Morgan fingerprint density at radius 1 is 1.32 bits per heavy atom. The van der Waals surface area contributed by atoms with Crippen LogP contribution in [0.5, 0.6) is 0 Å². The Bertz CT molecular complexity index is 479. The Hall–Kier alpha value is -1.43. The van der Waals surface area contributed by atoms with Crippen LogP contribution in [0.4, 0.5) is 5.13 Å². The van der Waals surface area contributed by atoms with Gasteiger partial charge in [0.2, 0.25) is 5.91 Å². The molecule has 0 bridgehead atoms. The molecule has 1 saturated carbocycles. The summed E-state index contributed by atoms with van der Waals surface area (Å²) in [5, 5.41) is 12.4. The van der Waals surface area contributed by atoms with Gasteiger partial charge in [0.1, 0.15) is 0 Å². The fourth-order valence-electron chi connectivity index (χ4n) is 2.39. The Kier molecular flexibility index (Phi) is 4.19. The number of thiazole rings is 1. The molecule has 5 nitrogen and oxygen atoms in total. The molecule has 0 radical (unpaired) electrons. The van der Waals surface area contributed by atoms with Gasteiger partial charge in [0.25, 0.3) is 0 Å². The van der Waals surface area contributed by atoms with E-state index in [1.807, 2.05) is 13.8 Å². The zero-order valence-electron chi connectivity index (χ0n) is 11.1. The van der Waals surface area contributed by atoms with E-state index < -0.39 is 5.97 Å². The lowest BCUT2D eigenvalue weighted by Crippen LogP contribution is -2.30. The van der Waals surface area contributed by atoms with E-state index in [0.29, 0.717) is 18.0 Å². The molecule has 104 valence electrons. The van der Waals surface area contributed by atoms with Gasteiger partial charge in [-0.1, -0.05) is 6.42 Å². The van der Waals surface area contributed by atoms with E-state index in [1.54, 1.807) is 0 Å². The largest absolute Gasteiger partial charge is 0.481 e. The predicted molar refractivity (Wildman–Crippen MR) is 73.3 cm³/mol. The summed E-state index contributed by atoms with van der Waals surface area (Å²) < 4.78 is 0. The molecule has 1 aromatic heterocycles. The third-order valence-electron chi connectivity index (χ3n) is 3.65. The molecule has 0 aromatic carbocycles. The van der Waals surface area contributed by atoms with Crippen LogP contribution in [0.3, 0.4) is 0 Å². The molecule has 2 N–H and O–H groups in total. The fraction of sp³-hybridized carbons (Fsp3) is 0.615. The van der Waals surface area contributed by atoms with Gasteiger partial charge in [0.05, 0.1) is 11.6 Å². The Morgan fingerprint density at radius 3 is 2.58 bits per heavy atom. The molecule has 0 spiro atoms. The highest BCUT2D eigenvalue weighted by Gasteiger charge is 2.31. The molecule has 19 heavy (non-hydrogen) atoms. The van der Waals surface area contributed by atoms with Crippen molar-refractivity contribution in [2.75, 3.05) is 5.32 Å². The number of rotatable bonds is 3. The zero-order valence-corrected chi connectivity index (χ0v) is 11.9. The second-order valence-electron chi connectivity index (χ2n) is 5.05. The van der Waals surface area contributed by atoms with Gasteiger partial charge < -0.3 is 10.4 Å². The lowest BCUT2D eigenvalue weighted by atomic mass is 9.81. The monoisotopic (exact) mass is 282 g/mol. The molecule has 6 heteroatoms. The molecule has 1 aliphatic carbocycles. The van der Waals surface area contributed by atoms with Crippen molar-refractivity contribution in [3.05, 3.63) is 10.6 Å². The Balaban J connectivity index is 1.97. The number of carbonyl (C=O) groups excluding carboxylic acids is 1. The number of anilines is 1. The molecule has 2 atom stereocenters. The van der Waals surface area contributed by atoms with Crippen LogP contribution in [0.1, 0.15) is 36.3 Å². The lowest BCUT2D eigenvalue weighted by Gasteiger charge is -2.25. The molecule has 1 aliphatic rings. The zero-order chi connectivity index (χ0) is 14.0. The van der Waals surface area contributed by atoms with Crippen molar-refractivity contribution in [2.24, 2.45) is 11.8 Å². The number of carboxylic acids is 1. The highest BCUT2D eigenvalue weighted by atomic mass is 32.1. The van der Waals surface area contributed by atoms with Crippen molar-refractivity contribution in [1.82, 2.24) is 4.98 Å². The molecule has 1 heterocycles. The summed E-state index contributed by atoms with van der Waals surface area (Å²) in [4.78, 5) is 28.5. The number of hydrogen-bond acceptors (Lipinski definition) is 4. The van der Waals surface area contributed by atoms with Crippen LogP contribution in [0.25, 0.3) is 0 Å². The maximum Gasteiger partial charge on any atom is 0.306 e. The first-order valence-electron chi connectivity index (χ1n) is 6.45. The summed E-state index contributed by atoms with van der Waals surface area (Å²) in [6, 6.07) is 0. The van der Waals surface area contributed by atoms with Crippen molar-refractivity contribution in [1.29, 1.82) is 0 Å². The number of amides is 1. The molecule has 0 saturated heterocycles. The van der Waals surface area contributed by atoms with Crippen LogP contribution in [0.2, 0.25) is 0 Å². The number of aryl methyl sites for hydroxylation is 2. The minimum atomic E-state index is -0.793. The summed E-state index contributed by atoms with van der Waals surface area (Å²) in [6.07, 6.45) is 2.67. The van der Waals surface area contributed by atoms with Crippen LogP contribution in [-0.2, 0) is 9.59 Å². The number of carbonyl (C=O) groups is 2. The lowest BCUT2D eigenvalue weighted by molar-refractivity contribution is -0.143. The maximum absolute atomic E-state index is 12.1. The Morgan fingerprint density at radius 2 is 2.00 bits per heavy atom. The van der Waals surface area contributed by atoms with E-state index >= 15 is 0 Å². The van der Waals surface area contributed by atoms with Crippen molar-refractivity contribution < 1.29 is 14.7 Å². The smallest absolute Gasteiger partial charge is 0.306 e. The molecule has 1 fully saturated rings. The topological polar surface area (TPSA) is 79.3 Å². The molecule has 1 amide bonds. The quantitative estimate of drug-likeness (QED) is 0.893. The van der Waals surface area contributed by atoms with E-state index in [2.05, 4.69) is 10.3 Å². The van der Waals surface area contributed by atoms with Gasteiger partial charge in [-0.05, 0) is 33.1 Å². The fourth-order valence-corrected chi connectivity index (χ4v) is 3.20. The molecular formula is C13H18N2O3S. The van der Waals surface area contributed by atoms with Crippen LogP contribution < -0.4 is 5.32 Å². The van der Waals surface area contributed by atoms with Crippen molar-refractivity contribution in [2.45, 2.75) is 39.5 Å². The van der Waals surface area contributed by atoms with E-state index in [4.69, 9.17) is 5.11 Å². The molecule has 2 rings (SSSR count). The predicted octanol–water partition coefficient (Wildman–Crippen LogP) is 2.59. The van der Waals surface area contributed by atoms with E-state index in [-0.39, 0.29) is 17.7 Å². The highest BCUT2D eigenvalue weighted by Crippen LogP contribution is 2.30. The van der Waals surface area contributed by atoms with Gasteiger partial charge in [0.15, 0.2) is 5.13 Å². The van der Waals surface area contributed by atoms with Crippen LogP contribution in [0.15, 0.2) is 0 Å². The average Bonchev–Trinajstić information content (AvgIpc) is 2.68. The summed E-state index contributed by atoms with van der Waals surface area (Å²) >= 11 is 1.45. The minimum Gasteiger partial charge on any atom is -0.481 e. The van der Waals surface area contributed by atoms with Crippen LogP contribution in [0, 0.1) is 25.7 Å². The molecule has 1 aromatic rings. The van der Waals surface area contributed by atoms with E-state index in [1.165, 1.54) is 11.3 Å². The average molecular weight is 282 g/mol. The SMILES string of the molecule is Cc1nc(NC(=O)C2CCCC(C(=O)O)C2)sc1C. The van der Waals surface area contributed by atoms with Gasteiger partial charge in [0, 0.05) is 10.8 Å². The van der Waals surface area contributed by atoms with Crippen molar-refractivity contribution in [3.63, 3.8) is 0 Å². The first-order chi connectivity index (χ1) is 8.97. The second-order valence-corrected chi connectivity index (χ2v) is 6.25. The van der Waals surface area contributed by atoms with Gasteiger partial charge in [-0.2, -0.15) is 0 Å². The number of hydrogen-bond donors (Lipinski definition) is 2. The van der Waals surface area contributed by atoms with Crippen LogP contribution in [-0.4, -0.2) is 22.0 Å². The normalized spacial score (nSPS) is 23.1. The third kappa shape index (κ3) is 3.32. The van der Waals surface area contributed by atoms with Gasteiger partial charge in [-0.15, -0.1) is 11.3 Å². The maximum atomic E-state index is 12.1. The first kappa shape index (κ1) is 14.0. The number of nitrogens with one attached hydrogen (secondary N) is 1. The molecule has 2 unspecified atom stereocenters. The van der Waals surface area contributed by atoms with Gasteiger partial charge in [-0.25, -0.2) is 4.98 Å². The van der Waals surface area contributed by atoms with Crippen LogP contribution >= 0.6 is 11.3 Å².